The number of imide groups is 1. The summed E-state index contributed by atoms with van der Waals surface area (Å²) in [5, 5.41) is 14.8. The van der Waals surface area contributed by atoms with E-state index in [2.05, 4.69) is 38.9 Å². The second kappa shape index (κ2) is 12.2. The molecule has 3 aliphatic rings. The first-order valence-corrected chi connectivity index (χ1v) is 16.2. The van der Waals surface area contributed by atoms with Crippen molar-refractivity contribution in [3.63, 3.8) is 0 Å². The lowest BCUT2D eigenvalue weighted by Crippen LogP contribution is -2.59. The van der Waals surface area contributed by atoms with Crippen molar-refractivity contribution in [3.8, 4) is 28.5 Å². The van der Waals surface area contributed by atoms with E-state index in [1.165, 1.54) is 13.3 Å². The third-order valence-electron chi connectivity index (χ3n) is 9.99. The summed E-state index contributed by atoms with van der Waals surface area (Å²) in [5.41, 5.74) is 3.79. The zero-order valence-corrected chi connectivity index (χ0v) is 27.8. The van der Waals surface area contributed by atoms with Crippen LogP contribution in [-0.2, 0) is 22.7 Å². The molecule has 0 radical (unpaired) electrons. The Morgan fingerprint density at radius 1 is 1.00 bits per heavy atom. The number of piperidine rings is 1. The van der Waals surface area contributed by atoms with E-state index < -0.39 is 11.9 Å². The molecule has 3 aliphatic heterocycles. The number of phenolic OH excluding ortho intramolecular Hbond substituents is 1. The van der Waals surface area contributed by atoms with E-state index in [-0.39, 0.29) is 35.1 Å². The molecule has 5 heterocycles. The van der Waals surface area contributed by atoms with Crippen LogP contribution < -0.4 is 25.2 Å². The molecule has 2 aromatic carbocycles. The van der Waals surface area contributed by atoms with Crippen molar-refractivity contribution in [1.82, 2.24) is 25.1 Å². The van der Waals surface area contributed by atoms with Crippen molar-refractivity contribution in [2.45, 2.75) is 51.4 Å². The Bertz CT molecular complexity index is 2080. The van der Waals surface area contributed by atoms with Crippen LogP contribution in [0.2, 0.25) is 0 Å². The topological polar surface area (TPSA) is 157 Å². The minimum Gasteiger partial charge on any atom is -0.507 e. The van der Waals surface area contributed by atoms with E-state index in [1.54, 1.807) is 30.3 Å². The van der Waals surface area contributed by atoms with E-state index in [9.17, 15) is 24.3 Å². The Morgan fingerprint density at radius 3 is 2.55 bits per heavy atom. The van der Waals surface area contributed by atoms with Gasteiger partial charge in [0.15, 0.2) is 0 Å². The van der Waals surface area contributed by atoms with Crippen LogP contribution in [0.25, 0.3) is 21.9 Å². The number of piperazine rings is 1. The average molecular weight is 667 g/mol. The quantitative estimate of drug-likeness (QED) is 0.250. The molecule has 1 atom stereocenters. The van der Waals surface area contributed by atoms with Crippen LogP contribution in [-0.4, -0.2) is 88.0 Å². The van der Waals surface area contributed by atoms with Gasteiger partial charge in [0.05, 0.1) is 19.6 Å². The van der Waals surface area contributed by atoms with Crippen LogP contribution in [0.1, 0.15) is 48.2 Å². The van der Waals surface area contributed by atoms with Crippen molar-refractivity contribution in [1.29, 1.82) is 0 Å². The lowest BCUT2D eigenvalue weighted by atomic mass is 9.95. The maximum absolute atomic E-state index is 13.4. The number of anilines is 1. The molecule has 13 heteroatoms. The molecular formula is C36H38N6O7. The fourth-order valence-corrected chi connectivity index (χ4v) is 7.24. The third-order valence-corrected chi connectivity index (χ3v) is 9.99. The Labute approximate surface area is 282 Å². The van der Waals surface area contributed by atoms with Gasteiger partial charge in [0.25, 0.3) is 11.5 Å². The van der Waals surface area contributed by atoms with Crippen LogP contribution in [0.3, 0.4) is 0 Å². The van der Waals surface area contributed by atoms with E-state index in [4.69, 9.17) is 9.47 Å². The van der Waals surface area contributed by atoms with E-state index >= 15 is 0 Å². The van der Waals surface area contributed by atoms with Crippen molar-refractivity contribution in [3.05, 3.63) is 75.8 Å². The molecule has 4 aromatic rings. The number of fused-ring (bicyclic) bond motifs is 2. The van der Waals surface area contributed by atoms with Gasteiger partial charge >= 0.3 is 0 Å². The van der Waals surface area contributed by atoms with Crippen LogP contribution in [0.5, 0.6) is 17.4 Å². The Morgan fingerprint density at radius 2 is 1.82 bits per heavy atom. The van der Waals surface area contributed by atoms with E-state index in [1.807, 2.05) is 24.3 Å². The number of aromatic nitrogens is 2. The summed E-state index contributed by atoms with van der Waals surface area (Å²) >= 11 is 0. The van der Waals surface area contributed by atoms with Gasteiger partial charge in [-0.2, -0.15) is 0 Å². The standard InChI is InChI=1S/C36H38N6O7/c1-36(2)19-40(22-6-5-20-17-42(35(47)23(20)13-22)28-7-8-31(44)39-34(28)46)9-10-41(36)18-27-29(43)11-21(12-30(27)48-3)25-15-38-33(45)26-16-37-32(49-4)14-24(25)26/h5-6,11-16,28,43H,7-10,17-19H2,1-4H3,(H,38,45)(H,39,44,46). The lowest BCUT2D eigenvalue weighted by molar-refractivity contribution is -0.136. The van der Waals surface area contributed by atoms with Gasteiger partial charge in [-0.3, -0.25) is 29.4 Å². The number of H-pyrrole nitrogens is 1. The second-order valence-corrected chi connectivity index (χ2v) is 13.4. The maximum Gasteiger partial charge on any atom is 0.257 e. The summed E-state index contributed by atoms with van der Waals surface area (Å²) in [6.07, 6.45) is 3.63. The van der Waals surface area contributed by atoms with E-state index in [0.29, 0.717) is 83.8 Å². The summed E-state index contributed by atoms with van der Waals surface area (Å²) < 4.78 is 11.1. The number of aromatic hydroxyl groups is 1. The first-order valence-electron chi connectivity index (χ1n) is 16.2. The molecule has 2 saturated heterocycles. The number of carbonyl (C=O) groups excluding carboxylic acids is 3. The van der Waals surface area contributed by atoms with Crippen molar-refractivity contribution in [2.24, 2.45) is 0 Å². The van der Waals surface area contributed by atoms with Gasteiger partial charge in [-0.15, -0.1) is 0 Å². The van der Waals surface area contributed by atoms with Crippen LogP contribution in [0.15, 0.2) is 53.6 Å². The summed E-state index contributed by atoms with van der Waals surface area (Å²) in [6.45, 7) is 7.10. The zero-order chi connectivity index (χ0) is 34.6. The number of hydrogen-bond donors (Lipinski definition) is 3. The van der Waals surface area contributed by atoms with Gasteiger partial charge in [-0.25, -0.2) is 4.98 Å². The zero-order valence-electron chi connectivity index (χ0n) is 27.8. The second-order valence-electron chi connectivity index (χ2n) is 13.4. The van der Waals surface area contributed by atoms with E-state index in [0.717, 1.165) is 11.3 Å². The molecule has 2 fully saturated rings. The number of methoxy groups -OCH3 is 2. The molecule has 13 nitrogen and oxygen atoms in total. The number of nitrogens with one attached hydrogen (secondary N) is 2. The summed E-state index contributed by atoms with van der Waals surface area (Å²) in [7, 11) is 3.08. The Balaban J connectivity index is 1.10. The number of aromatic amines is 1. The van der Waals surface area contributed by atoms with Crippen molar-refractivity contribution in [2.75, 3.05) is 38.8 Å². The molecule has 2 aromatic heterocycles. The summed E-state index contributed by atoms with van der Waals surface area (Å²) in [6, 6.07) is 10.5. The predicted molar refractivity (Wildman–Crippen MR) is 182 cm³/mol. The number of ether oxygens (including phenoxy) is 2. The molecule has 1 unspecified atom stereocenters. The maximum atomic E-state index is 13.4. The first-order chi connectivity index (χ1) is 23.5. The highest BCUT2D eigenvalue weighted by atomic mass is 16.5. The number of rotatable bonds is 7. The van der Waals surface area contributed by atoms with Crippen molar-refractivity contribution >= 4 is 34.2 Å². The predicted octanol–water partition coefficient (Wildman–Crippen LogP) is 3.17. The molecule has 7 rings (SSSR count). The molecule has 3 amide bonds. The monoisotopic (exact) mass is 666 g/mol. The summed E-state index contributed by atoms with van der Waals surface area (Å²) in [4.78, 5) is 63.1. The van der Waals surface area contributed by atoms with Gasteiger partial charge in [0, 0.05) is 90.9 Å². The number of carbonyl (C=O) groups is 3. The largest absolute Gasteiger partial charge is 0.507 e. The fourth-order valence-electron chi connectivity index (χ4n) is 7.24. The van der Waals surface area contributed by atoms with Crippen LogP contribution >= 0.6 is 0 Å². The minimum atomic E-state index is -0.650. The number of phenols is 1. The van der Waals surface area contributed by atoms with Crippen LogP contribution in [0, 0.1) is 0 Å². The third kappa shape index (κ3) is 5.73. The van der Waals surface area contributed by atoms with Gasteiger partial charge in [0.2, 0.25) is 17.7 Å². The normalized spacial score (nSPS) is 19.3. The van der Waals surface area contributed by atoms with Crippen LogP contribution in [0.4, 0.5) is 5.69 Å². The molecule has 49 heavy (non-hydrogen) atoms. The SMILES string of the molecule is COc1cc2c(-c3cc(O)c(CN4CCN(c5ccc6c(c5)C(=O)N(C5CCC(=O)NC5=O)C6)CC4(C)C)c(OC)c3)c[nH]c(=O)c2cn1. The molecule has 0 aliphatic carbocycles. The number of pyridine rings is 2. The molecular weight excluding hydrogens is 628 g/mol. The van der Waals surface area contributed by atoms with Crippen molar-refractivity contribution < 1.29 is 29.0 Å². The van der Waals surface area contributed by atoms with Gasteiger partial charge < -0.3 is 29.4 Å². The number of benzene rings is 2. The number of amides is 3. The highest BCUT2D eigenvalue weighted by Gasteiger charge is 2.40. The molecule has 0 bridgehead atoms. The number of nitrogens with zero attached hydrogens (tertiary/aromatic N) is 4. The highest BCUT2D eigenvalue weighted by molar-refractivity contribution is 6.05. The lowest BCUT2D eigenvalue weighted by Gasteiger charge is -2.48. The molecule has 0 saturated carbocycles. The minimum absolute atomic E-state index is 0.0747. The molecule has 0 spiro atoms. The van der Waals surface area contributed by atoms with Gasteiger partial charge in [-0.05, 0) is 55.7 Å². The average Bonchev–Trinajstić information content (AvgIpc) is 3.40. The molecule has 3 N–H and O–H groups in total. The summed E-state index contributed by atoms with van der Waals surface area (Å²) in [5.74, 6) is 0.0435. The van der Waals surface area contributed by atoms with Gasteiger partial charge in [-0.1, -0.05) is 6.07 Å². The highest BCUT2D eigenvalue weighted by Crippen LogP contribution is 2.39. The smallest absolute Gasteiger partial charge is 0.257 e. The Kier molecular flexibility index (Phi) is 8.02. The fraction of sp³-hybridized carbons (Fsp3) is 0.361. The number of hydrogen-bond acceptors (Lipinski definition) is 10. The Hall–Kier alpha value is -5.43. The molecule has 254 valence electrons. The first kappa shape index (κ1) is 32.1. The van der Waals surface area contributed by atoms with Gasteiger partial charge in [0.1, 0.15) is 17.5 Å².